The number of benzene rings is 2. The molecule has 0 aliphatic heterocycles. The number of hydrogen-bond donors (Lipinski definition) is 0. The molecule has 0 atom stereocenters. The van der Waals surface area contributed by atoms with E-state index >= 15 is 0 Å². The van der Waals surface area contributed by atoms with Crippen molar-refractivity contribution in [2.75, 3.05) is 0 Å². The molecule has 0 heterocycles. The second-order valence-corrected chi connectivity index (χ2v) is 4.94. The monoisotopic (exact) mass is 269 g/mol. The maximum atomic E-state index is 13.2. The van der Waals surface area contributed by atoms with Gasteiger partial charge in [0.2, 0.25) is 0 Å². The summed E-state index contributed by atoms with van der Waals surface area (Å²) in [5, 5.41) is 8.78. The largest absolute Gasteiger partial charge is 0.489 e. The summed E-state index contributed by atoms with van der Waals surface area (Å²) >= 11 is 0. The predicted molar refractivity (Wildman–Crippen MR) is 76.0 cm³/mol. The molecule has 2 aromatic rings. The molecule has 102 valence electrons. The molecule has 0 fully saturated rings. The van der Waals surface area contributed by atoms with Gasteiger partial charge in [0, 0.05) is 0 Å². The Hall–Kier alpha value is -2.34. The fourth-order valence-electron chi connectivity index (χ4n) is 1.86. The van der Waals surface area contributed by atoms with Crippen molar-refractivity contribution in [2.24, 2.45) is 0 Å². The van der Waals surface area contributed by atoms with Gasteiger partial charge in [0.15, 0.2) is 0 Å². The first-order valence-electron chi connectivity index (χ1n) is 6.51. The van der Waals surface area contributed by atoms with Gasteiger partial charge in [0.1, 0.15) is 24.2 Å². The Kier molecular flexibility index (Phi) is 4.37. The highest BCUT2D eigenvalue weighted by Crippen LogP contribution is 2.19. The van der Waals surface area contributed by atoms with E-state index < -0.39 is 5.82 Å². The molecule has 0 aliphatic rings. The topological polar surface area (TPSA) is 33.0 Å². The van der Waals surface area contributed by atoms with E-state index in [9.17, 15) is 4.39 Å². The molecule has 2 aromatic carbocycles. The molecule has 0 amide bonds. The normalized spacial score (nSPS) is 10.3. The first kappa shape index (κ1) is 14.1. The van der Waals surface area contributed by atoms with Crippen molar-refractivity contribution < 1.29 is 9.13 Å². The highest BCUT2D eigenvalue weighted by Gasteiger charge is 2.04. The maximum absolute atomic E-state index is 13.2. The van der Waals surface area contributed by atoms with Crippen LogP contribution in [-0.4, -0.2) is 0 Å². The average Bonchev–Trinajstić information content (AvgIpc) is 2.46. The van der Waals surface area contributed by atoms with Crippen LogP contribution in [0, 0.1) is 17.1 Å². The molecule has 0 radical (unpaired) electrons. The first-order valence-corrected chi connectivity index (χ1v) is 6.51. The van der Waals surface area contributed by atoms with Gasteiger partial charge >= 0.3 is 0 Å². The van der Waals surface area contributed by atoms with Crippen LogP contribution in [0.3, 0.4) is 0 Å². The summed E-state index contributed by atoms with van der Waals surface area (Å²) in [5.41, 5.74) is 2.07. The van der Waals surface area contributed by atoms with E-state index in [2.05, 4.69) is 13.8 Å². The Morgan fingerprint density at radius 1 is 1.15 bits per heavy atom. The number of halogens is 1. The summed E-state index contributed by atoms with van der Waals surface area (Å²) < 4.78 is 18.8. The lowest BCUT2D eigenvalue weighted by molar-refractivity contribution is 0.306. The van der Waals surface area contributed by atoms with E-state index in [-0.39, 0.29) is 5.56 Å². The van der Waals surface area contributed by atoms with Gasteiger partial charge in [0.05, 0.1) is 5.56 Å². The van der Waals surface area contributed by atoms with E-state index in [4.69, 9.17) is 10.00 Å². The minimum atomic E-state index is -0.502. The summed E-state index contributed by atoms with van der Waals surface area (Å²) in [4.78, 5) is 0. The Labute approximate surface area is 118 Å². The van der Waals surface area contributed by atoms with Gasteiger partial charge < -0.3 is 4.74 Å². The van der Waals surface area contributed by atoms with Crippen LogP contribution in [0.25, 0.3) is 0 Å². The number of nitrogens with zero attached hydrogens (tertiary/aromatic N) is 1. The molecule has 0 unspecified atom stereocenters. The number of hydrogen-bond acceptors (Lipinski definition) is 2. The first-order chi connectivity index (χ1) is 9.60. The summed E-state index contributed by atoms with van der Waals surface area (Å²) in [5.74, 6) is 0.745. The molecular formula is C17H16FNO. The van der Waals surface area contributed by atoms with Gasteiger partial charge in [0.25, 0.3) is 0 Å². The Bertz CT molecular complexity index is 626. The highest BCUT2D eigenvalue weighted by molar-refractivity contribution is 5.34. The molecular weight excluding hydrogens is 253 g/mol. The standard InChI is InChI=1S/C17H16FNO/c1-12(2)14-4-6-16(7-5-14)20-11-13-3-8-17(18)15(9-13)10-19/h3-9,12H,11H2,1-2H3. The second-order valence-electron chi connectivity index (χ2n) is 4.94. The van der Waals surface area contributed by atoms with E-state index in [1.54, 1.807) is 6.07 Å². The van der Waals surface area contributed by atoms with Crippen molar-refractivity contribution in [3.8, 4) is 11.8 Å². The van der Waals surface area contributed by atoms with E-state index in [0.717, 1.165) is 11.3 Å². The van der Waals surface area contributed by atoms with Crippen LogP contribution in [0.2, 0.25) is 0 Å². The van der Waals surface area contributed by atoms with Crippen molar-refractivity contribution in [1.82, 2.24) is 0 Å². The predicted octanol–water partition coefficient (Wildman–Crippen LogP) is 4.40. The van der Waals surface area contributed by atoms with Crippen molar-refractivity contribution >= 4 is 0 Å². The maximum Gasteiger partial charge on any atom is 0.140 e. The third-order valence-corrected chi connectivity index (χ3v) is 3.10. The SMILES string of the molecule is CC(C)c1ccc(OCc2ccc(F)c(C#N)c2)cc1. The average molecular weight is 269 g/mol. The van der Waals surface area contributed by atoms with Crippen LogP contribution in [0.4, 0.5) is 4.39 Å². The summed E-state index contributed by atoms with van der Waals surface area (Å²) in [7, 11) is 0. The van der Waals surface area contributed by atoms with Crippen molar-refractivity contribution in [2.45, 2.75) is 26.4 Å². The molecule has 0 bridgehead atoms. The summed E-state index contributed by atoms with van der Waals surface area (Å²) in [6.45, 7) is 4.59. The van der Waals surface area contributed by atoms with Gasteiger partial charge in [-0.15, -0.1) is 0 Å². The smallest absolute Gasteiger partial charge is 0.140 e. The van der Waals surface area contributed by atoms with Crippen LogP contribution in [0.15, 0.2) is 42.5 Å². The zero-order valence-electron chi connectivity index (χ0n) is 11.6. The minimum absolute atomic E-state index is 0.0428. The summed E-state index contributed by atoms with van der Waals surface area (Å²) in [6.07, 6.45) is 0. The number of rotatable bonds is 4. The highest BCUT2D eigenvalue weighted by atomic mass is 19.1. The van der Waals surface area contributed by atoms with Crippen molar-refractivity contribution in [3.05, 3.63) is 65.0 Å². The van der Waals surface area contributed by atoms with Crippen LogP contribution in [0.1, 0.15) is 36.5 Å². The van der Waals surface area contributed by atoms with Gasteiger partial charge in [-0.1, -0.05) is 32.0 Å². The molecule has 0 saturated heterocycles. The summed E-state index contributed by atoms with van der Waals surface area (Å²) in [6, 6.07) is 14.2. The van der Waals surface area contributed by atoms with Gasteiger partial charge in [-0.05, 0) is 41.3 Å². The second kappa shape index (κ2) is 6.21. The lowest BCUT2D eigenvalue weighted by Gasteiger charge is -2.09. The van der Waals surface area contributed by atoms with Gasteiger partial charge in [-0.2, -0.15) is 5.26 Å². The fraction of sp³-hybridized carbons (Fsp3) is 0.235. The van der Waals surface area contributed by atoms with Crippen LogP contribution in [-0.2, 0) is 6.61 Å². The molecule has 2 rings (SSSR count). The van der Waals surface area contributed by atoms with E-state index in [1.165, 1.54) is 17.7 Å². The lowest BCUT2D eigenvalue weighted by atomic mass is 10.0. The molecule has 0 aliphatic carbocycles. The molecule has 0 saturated carbocycles. The molecule has 0 N–H and O–H groups in total. The van der Waals surface area contributed by atoms with Gasteiger partial charge in [-0.3, -0.25) is 0 Å². The van der Waals surface area contributed by atoms with Crippen LogP contribution >= 0.6 is 0 Å². The van der Waals surface area contributed by atoms with Crippen molar-refractivity contribution in [3.63, 3.8) is 0 Å². The van der Waals surface area contributed by atoms with Gasteiger partial charge in [-0.25, -0.2) is 4.39 Å². The molecule has 0 spiro atoms. The lowest BCUT2D eigenvalue weighted by Crippen LogP contribution is -1.97. The van der Waals surface area contributed by atoms with E-state index in [1.807, 2.05) is 30.3 Å². The van der Waals surface area contributed by atoms with Crippen LogP contribution in [0.5, 0.6) is 5.75 Å². The Morgan fingerprint density at radius 2 is 1.85 bits per heavy atom. The van der Waals surface area contributed by atoms with Crippen molar-refractivity contribution in [1.29, 1.82) is 5.26 Å². The molecule has 0 aromatic heterocycles. The Morgan fingerprint density at radius 3 is 2.45 bits per heavy atom. The third-order valence-electron chi connectivity index (χ3n) is 3.10. The Balaban J connectivity index is 2.03. The zero-order valence-corrected chi connectivity index (χ0v) is 11.6. The molecule has 2 nitrogen and oxygen atoms in total. The van der Waals surface area contributed by atoms with Crippen LogP contribution < -0.4 is 4.74 Å². The fourth-order valence-corrected chi connectivity index (χ4v) is 1.86. The number of ether oxygens (including phenoxy) is 1. The van der Waals surface area contributed by atoms with E-state index in [0.29, 0.717) is 12.5 Å². The molecule has 3 heteroatoms. The minimum Gasteiger partial charge on any atom is -0.489 e. The molecule has 20 heavy (non-hydrogen) atoms. The third kappa shape index (κ3) is 3.36. The quantitative estimate of drug-likeness (QED) is 0.824. The number of nitriles is 1. The zero-order chi connectivity index (χ0) is 14.5.